The van der Waals surface area contributed by atoms with Gasteiger partial charge < -0.3 is 15.4 Å². The predicted molar refractivity (Wildman–Crippen MR) is 83.1 cm³/mol. The molecule has 0 saturated carbocycles. The monoisotopic (exact) mass is 278 g/mol. The molecule has 4 nitrogen and oxygen atoms in total. The summed E-state index contributed by atoms with van der Waals surface area (Å²) >= 11 is 0. The molecule has 0 aliphatic carbocycles. The highest BCUT2D eigenvalue weighted by molar-refractivity contribution is 5.97. The van der Waals surface area contributed by atoms with Crippen molar-refractivity contribution in [2.24, 2.45) is 5.73 Å². The van der Waals surface area contributed by atoms with Gasteiger partial charge in [-0.3, -0.25) is 0 Å². The molecule has 0 unspecified atom stereocenters. The third-order valence-corrected chi connectivity index (χ3v) is 3.34. The van der Waals surface area contributed by atoms with Gasteiger partial charge in [-0.05, 0) is 24.3 Å². The number of aliphatic carboxylic acids is 1. The van der Waals surface area contributed by atoms with Crippen LogP contribution in [0, 0.1) is 0 Å². The number of nitrogens with two attached hydrogens (primary N) is 1. The summed E-state index contributed by atoms with van der Waals surface area (Å²) in [5, 5.41) is 9.90. The molecule has 4 heteroatoms. The van der Waals surface area contributed by atoms with Crippen LogP contribution in [0.5, 0.6) is 0 Å². The molecule has 0 aliphatic rings. The van der Waals surface area contributed by atoms with E-state index in [2.05, 4.69) is 0 Å². The fourth-order valence-corrected chi connectivity index (χ4v) is 2.35. The summed E-state index contributed by atoms with van der Waals surface area (Å²) in [4.78, 5) is 10.9. The quantitative estimate of drug-likeness (QED) is 0.724. The molecule has 3 N–H and O–H groups in total. The number of fused-ring (bicyclic) bond motifs is 1. The number of hydrogen-bond donors (Lipinski definition) is 2. The summed E-state index contributed by atoms with van der Waals surface area (Å²) in [7, 11) is 0. The molecule has 3 rings (SSSR count). The van der Waals surface area contributed by atoms with Crippen molar-refractivity contribution in [1.29, 1.82) is 0 Å². The van der Waals surface area contributed by atoms with Crippen LogP contribution in [-0.2, 0) is 4.79 Å². The Morgan fingerprint density at radius 2 is 1.71 bits per heavy atom. The molecule has 0 aliphatic heterocycles. The van der Waals surface area contributed by atoms with E-state index in [1.54, 1.807) is 0 Å². The molecular weight excluding hydrogens is 264 g/mol. The molecule has 0 atom stereocenters. The Bertz CT molecular complexity index is 832. The fraction of sp³-hybridized carbons (Fsp3) is 0. The molecule has 1 aromatic heterocycles. The van der Waals surface area contributed by atoms with Crippen LogP contribution >= 0.6 is 0 Å². The first kappa shape index (κ1) is 13.0. The summed E-state index contributed by atoms with van der Waals surface area (Å²) in [6, 6.07) is 17.7. The van der Waals surface area contributed by atoms with Crippen LogP contribution in [0.15, 0.2) is 66.5 Å². The van der Waals surface area contributed by atoms with Crippen molar-refractivity contribution in [3.8, 4) is 5.69 Å². The Balaban J connectivity index is 2.24. The van der Waals surface area contributed by atoms with Gasteiger partial charge in [-0.2, -0.15) is 0 Å². The van der Waals surface area contributed by atoms with E-state index in [1.165, 1.54) is 6.08 Å². The SMILES string of the molecule is N/C(=C\c1cn(-c2ccccc2)c2ccccc12)C(=O)O. The van der Waals surface area contributed by atoms with Crippen molar-refractivity contribution >= 4 is 22.9 Å². The van der Waals surface area contributed by atoms with E-state index < -0.39 is 5.97 Å². The lowest BCUT2D eigenvalue weighted by Gasteiger charge is -2.04. The van der Waals surface area contributed by atoms with Crippen LogP contribution in [-0.4, -0.2) is 15.6 Å². The number of carboxylic acid groups (broad SMARTS) is 1. The van der Waals surface area contributed by atoms with Gasteiger partial charge in [-0.15, -0.1) is 0 Å². The summed E-state index contributed by atoms with van der Waals surface area (Å²) in [6.45, 7) is 0. The molecule has 0 amide bonds. The van der Waals surface area contributed by atoms with E-state index in [9.17, 15) is 4.79 Å². The number of benzene rings is 2. The van der Waals surface area contributed by atoms with E-state index in [0.29, 0.717) is 0 Å². The van der Waals surface area contributed by atoms with Crippen molar-refractivity contribution in [2.45, 2.75) is 0 Å². The third-order valence-electron chi connectivity index (χ3n) is 3.34. The Kier molecular flexibility index (Phi) is 3.20. The van der Waals surface area contributed by atoms with Gasteiger partial charge >= 0.3 is 5.97 Å². The maximum absolute atomic E-state index is 10.9. The summed E-state index contributed by atoms with van der Waals surface area (Å²) in [5.41, 5.74) is 8.17. The smallest absolute Gasteiger partial charge is 0.351 e. The number of carbonyl (C=O) groups is 1. The van der Waals surface area contributed by atoms with E-state index in [0.717, 1.165) is 22.2 Å². The zero-order chi connectivity index (χ0) is 14.8. The van der Waals surface area contributed by atoms with Crippen molar-refractivity contribution < 1.29 is 9.90 Å². The molecule has 0 saturated heterocycles. The zero-order valence-corrected chi connectivity index (χ0v) is 11.2. The van der Waals surface area contributed by atoms with Gasteiger partial charge in [0.25, 0.3) is 0 Å². The third kappa shape index (κ3) is 2.39. The largest absolute Gasteiger partial charge is 0.477 e. The van der Waals surface area contributed by atoms with Crippen LogP contribution in [0.4, 0.5) is 0 Å². The molecule has 0 spiro atoms. The number of nitrogens with zero attached hydrogens (tertiary/aromatic N) is 1. The second-order valence-electron chi connectivity index (χ2n) is 4.71. The number of para-hydroxylation sites is 2. The van der Waals surface area contributed by atoms with Crippen LogP contribution in [0.1, 0.15) is 5.56 Å². The highest BCUT2D eigenvalue weighted by Gasteiger charge is 2.09. The molecular formula is C17H14N2O2. The lowest BCUT2D eigenvalue weighted by molar-refractivity contribution is -0.132. The van der Waals surface area contributed by atoms with Crippen LogP contribution in [0.3, 0.4) is 0 Å². The minimum Gasteiger partial charge on any atom is -0.477 e. The van der Waals surface area contributed by atoms with Gasteiger partial charge in [0.1, 0.15) is 5.70 Å². The fourth-order valence-electron chi connectivity index (χ4n) is 2.35. The summed E-state index contributed by atoms with van der Waals surface area (Å²) in [5.74, 6) is -1.12. The van der Waals surface area contributed by atoms with Crippen LogP contribution < -0.4 is 5.73 Å². The lowest BCUT2D eigenvalue weighted by Crippen LogP contribution is -2.09. The van der Waals surface area contributed by atoms with Crippen LogP contribution in [0.25, 0.3) is 22.7 Å². The number of carboxylic acids is 1. The average Bonchev–Trinajstić information content (AvgIpc) is 2.87. The molecule has 0 bridgehead atoms. The van der Waals surface area contributed by atoms with Gasteiger partial charge in [0.2, 0.25) is 0 Å². The highest BCUT2D eigenvalue weighted by atomic mass is 16.4. The molecule has 3 aromatic rings. The Labute approximate surface area is 121 Å². The Hall–Kier alpha value is -3.01. The topological polar surface area (TPSA) is 68.2 Å². The first-order valence-corrected chi connectivity index (χ1v) is 6.53. The standard InChI is InChI=1S/C17H14N2O2/c18-15(17(20)21)10-12-11-19(13-6-2-1-3-7-13)16-9-5-4-8-14(12)16/h1-11H,18H2,(H,20,21)/b15-10-. The van der Waals surface area contributed by atoms with Gasteiger partial charge in [-0.25, -0.2) is 4.79 Å². The lowest BCUT2D eigenvalue weighted by atomic mass is 10.1. The first-order valence-electron chi connectivity index (χ1n) is 6.53. The van der Waals surface area contributed by atoms with E-state index in [1.807, 2.05) is 65.4 Å². The van der Waals surface area contributed by atoms with Crippen molar-refractivity contribution in [3.05, 3.63) is 72.1 Å². The first-order chi connectivity index (χ1) is 10.2. The van der Waals surface area contributed by atoms with Gasteiger partial charge in [0, 0.05) is 22.8 Å². The highest BCUT2D eigenvalue weighted by Crippen LogP contribution is 2.26. The normalized spacial score (nSPS) is 11.7. The van der Waals surface area contributed by atoms with Crippen LogP contribution in [0.2, 0.25) is 0 Å². The zero-order valence-electron chi connectivity index (χ0n) is 11.2. The number of hydrogen-bond acceptors (Lipinski definition) is 2. The van der Waals surface area contributed by atoms with E-state index in [-0.39, 0.29) is 5.70 Å². The predicted octanol–water partition coefficient (Wildman–Crippen LogP) is 3.01. The van der Waals surface area contributed by atoms with Crippen molar-refractivity contribution in [1.82, 2.24) is 4.57 Å². The minimum atomic E-state index is -1.12. The average molecular weight is 278 g/mol. The number of aromatic nitrogens is 1. The Morgan fingerprint density at radius 1 is 1.05 bits per heavy atom. The second-order valence-corrected chi connectivity index (χ2v) is 4.71. The van der Waals surface area contributed by atoms with E-state index >= 15 is 0 Å². The minimum absolute atomic E-state index is 0.175. The van der Waals surface area contributed by atoms with Crippen molar-refractivity contribution in [3.63, 3.8) is 0 Å². The summed E-state index contributed by atoms with van der Waals surface area (Å²) in [6.07, 6.45) is 3.39. The van der Waals surface area contributed by atoms with Gasteiger partial charge in [0.15, 0.2) is 0 Å². The molecule has 0 fully saturated rings. The maximum Gasteiger partial charge on any atom is 0.351 e. The molecule has 1 heterocycles. The molecule has 0 radical (unpaired) electrons. The number of rotatable bonds is 3. The van der Waals surface area contributed by atoms with Gasteiger partial charge in [0.05, 0.1) is 5.52 Å². The Morgan fingerprint density at radius 3 is 2.43 bits per heavy atom. The van der Waals surface area contributed by atoms with E-state index in [4.69, 9.17) is 10.8 Å². The molecule has 2 aromatic carbocycles. The maximum atomic E-state index is 10.9. The van der Waals surface area contributed by atoms with Crippen molar-refractivity contribution in [2.75, 3.05) is 0 Å². The molecule has 21 heavy (non-hydrogen) atoms. The van der Waals surface area contributed by atoms with Gasteiger partial charge in [-0.1, -0.05) is 36.4 Å². The molecule has 104 valence electrons. The summed E-state index contributed by atoms with van der Waals surface area (Å²) < 4.78 is 2.02. The second kappa shape index (κ2) is 5.17.